The number of tetrazole rings is 1. The van der Waals surface area contributed by atoms with Crippen molar-refractivity contribution in [2.75, 3.05) is 12.3 Å². The summed E-state index contributed by atoms with van der Waals surface area (Å²) in [6.45, 7) is 15.0. The number of nitrogen functional groups attached to an aromatic ring is 1. The van der Waals surface area contributed by atoms with E-state index in [0.717, 1.165) is 31.4 Å². The molecule has 0 aliphatic carbocycles. The first-order valence-electron chi connectivity index (χ1n) is 10.0. The summed E-state index contributed by atoms with van der Waals surface area (Å²) in [7, 11) is 0. The van der Waals surface area contributed by atoms with E-state index in [1.165, 1.54) is 11.1 Å². The second kappa shape index (κ2) is 8.72. The number of aryl methyl sites for hydroxylation is 1. The van der Waals surface area contributed by atoms with Crippen LogP contribution >= 0.6 is 0 Å². The molecule has 2 aromatic rings. The fraction of sp³-hybridized carbons (Fsp3) is 0.667. The number of hydrogen-bond donors (Lipinski definition) is 1. The van der Waals surface area contributed by atoms with Crippen LogP contribution in [0, 0.1) is 0 Å². The minimum absolute atomic E-state index is 0.0794. The molecule has 0 amide bonds. The number of rotatable bonds is 10. The molecule has 0 unspecified atom stereocenters. The van der Waals surface area contributed by atoms with E-state index < -0.39 is 0 Å². The van der Waals surface area contributed by atoms with Crippen molar-refractivity contribution < 1.29 is 4.74 Å². The molecule has 0 aliphatic rings. The average molecular weight is 374 g/mol. The fourth-order valence-corrected chi connectivity index (χ4v) is 2.92. The summed E-state index contributed by atoms with van der Waals surface area (Å²) in [6.07, 6.45) is 4.02. The second-order valence-electron chi connectivity index (χ2n) is 8.50. The van der Waals surface area contributed by atoms with Crippen LogP contribution in [0.25, 0.3) is 0 Å². The van der Waals surface area contributed by atoms with Gasteiger partial charge in [0, 0.05) is 12.1 Å². The minimum atomic E-state index is 0.0794. The van der Waals surface area contributed by atoms with Crippen LogP contribution in [-0.4, -0.2) is 26.8 Å². The number of nitrogens with zero attached hydrogens (tertiary/aromatic N) is 4. The zero-order valence-electron chi connectivity index (χ0n) is 17.7. The van der Waals surface area contributed by atoms with Crippen molar-refractivity contribution in [2.24, 2.45) is 0 Å². The molecule has 0 radical (unpaired) electrons. The maximum absolute atomic E-state index is 6.18. The third-order valence-electron chi connectivity index (χ3n) is 5.84. The molecule has 0 spiro atoms. The number of benzene rings is 1. The molecule has 1 aromatic carbocycles. The van der Waals surface area contributed by atoms with Crippen molar-refractivity contribution in [1.29, 1.82) is 0 Å². The molecule has 1 heterocycles. The van der Waals surface area contributed by atoms with Crippen LogP contribution in [0.3, 0.4) is 0 Å². The molecule has 1 aromatic heterocycles. The number of aromatic nitrogens is 4. The van der Waals surface area contributed by atoms with Crippen LogP contribution in [-0.2, 0) is 17.4 Å². The van der Waals surface area contributed by atoms with Gasteiger partial charge in [0.2, 0.25) is 5.95 Å². The molecule has 2 N–H and O–H groups in total. The van der Waals surface area contributed by atoms with Crippen LogP contribution < -0.4 is 10.5 Å². The molecule has 0 aliphatic heterocycles. The van der Waals surface area contributed by atoms with E-state index in [4.69, 9.17) is 10.5 Å². The number of unbranched alkanes of at least 4 members (excludes halogenated alkanes) is 1. The topological polar surface area (TPSA) is 78.8 Å². The van der Waals surface area contributed by atoms with Crippen molar-refractivity contribution in [1.82, 2.24) is 20.2 Å². The first-order valence-corrected chi connectivity index (χ1v) is 10.0. The summed E-state index contributed by atoms with van der Waals surface area (Å²) in [5.74, 6) is 1.36. The standard InChI is InChI=1S/C21H35N5O/c1-7-20(3,4)16-11-12-18(17(15-16)21(5,6)8-2)27-14-10-9-13-26-19(22)23-24-25-26/h11-12,15H,7-10,13-14H2,1-6H3,(H2,22,23,25). The largest absolute Gasteiger partial charge is 0.493 e. The van der Waals surface area contributed by atoms with Crippen LogP contribution in [0.1, 0.15) is 78.4 Å². The molecule has 0 saturated carbocycles. The quantitative estimate of drug-likeness (QED) is 0.621. The molecule has 0 saturated heterocycles. The zero-order valence-corrected chi connectivity index (χ0v) is 17.7. The first kappa shape index (κ1) is 21.2. The normalized spacial score (nSPS) is 12.4. The smallest absolute Gasteiger partial charge is 0.240 e. The van der Waals surface area contributed by atoms with E-state index in [1.54, 1.807) is 4.68 Å². The zero-order chi connectivity index (χ0) is 20.1. The fourth-order valence-electron chi connectivity index (χ4n) is 2.92. The summed E-state index contributed by atoms with van der Waals surface area (Å²) in [5, 5.41) is 11.1. The molecule has 6 heteroatoms. The highest BCUT2D eigenvalue weighted by atomic mass is 16.5. The number of ether oxygens (including phenoxy) is 1. The van der Waals surface area contributed by atoms with Gasteiger partial charge in [-0.15, -0.1) is 0 Å². The summed E-state index contributed by atoms with van der Waals surface area (Å²) >= 11 is 0. The van der Waals surface area contributed by atoms with Gasteiger partial charge in [0.05, 0.1) is 6.61 Å². The monoisotopic (exact) mass is 373 g/mol. The maximum Gasteiger partial charge on any atom is 0.240 e. The average Bonchev–Trinajstić information content (AvgIpc) is 3.06. The van der Waals surface area contributed by atoms with E-state index in [9.17, 15) is 0 Å². The maximum atomic E-state index is 6.18. The SMILES string of the molecule is CCC(C)(C)c1ccc(OCCCCn2nnnc2N)c(C(C)(C)CC)c1. The summed E-state index contributed by atoms with van der Waals surface area (Å²) in [4.78, 5) is 0. The lowest BCUT2D eigenvalue weighted by Gasteiger charge is -2.30. The Morgan fingerprint density at radius 2 is 1.74 bits per heavy atom. The van der Waals surface area contributed by atoms with Gasteiger partial charge in [-0.25, -0.2) is 4.68 Å². The Bertz CT molecular complexity index is 736. The summed E-state index contributed by atoms with van der Waals surface area (Å²) in [5.41, 5.74) is 8.61. The predicted octanol–water partition coefficient (Wildman–Crippen LogP) is 4.49. The molecule has 27 heavy (non-hydrogen) atoms. The van der Waals surface area contributed by atoms with Crippen LogP contribution in [0.5, 0.6) is 5.75 Å². The van der Waals surface area contributed by atoms with E-state index in [2.05, 4.69) is 75.3 Å². The summed E-state index contributed by atoms with van der Waals surface area (Å²) < 4.78 is 7.80. The van der Waals surface area contributed by atoms with E-state index in [-0.39, 0.29) is 10.8 Å². The van der Waals surface area contributed by atoms with Crippen LogP contribution in [0.2, 0.25) is 0 Å². The van der Waals surface area contributed by atoms with E-state index in [1.807, 2.05) is 0 Å². The van der Waals surface area contributed by atoms with Gasteiger partial charge in [-0.3, -0.25) is 0 Å². The first-order chi connectivity index (χ1) is 12.7. The van der Waals surface area contributed by atoms with Gasteiger partial charge in [-0.2, -0.15) is 0 Å². The third kappa shape index (κ3) is 5.21. The Hall–Kier alpha value is -2.11. The number of nitrogens with two attached hydrogens (primary N) is 1. The molecule has 150 valence electrons. The molecule has 0 atom stereocenters. The Labute approximate surface area is 163 Å². The van der Waals surface area contributed by atoms with Crippen molar-refractivity contribution in [3.63, 3.8) is 0 Å². The Morgan fingerprint density at radius 3 is 2.33 bits per heavy atom. The molecule has 2 rings (SSSR count). The Kier molecular flexibility index (Phi) is 6.84. The second-order valence-corrected chi connectivity index (χ2v) is 8.50. The third-order valence-corrected chi connectivity index (χ3v) is 5.84. The van der Waals surface area contributed by atoms with Crippen LogP contribution in [0.15, 0.2) is 18.2 Å². The predicted molar refractivity (Wildman–Crippen MR) is 110 cm³/mol. The lowest BCUT2D eigenvalue weighted by atomic mass is 9.76. The van der Waals surface area contributed by atoms with Crippen molar-refractivity contribution in [3.8, 4) is 5.75 Å². The van der Waals surface area contributed by atoms with E-state index in [0.29, 0.717) is 19.1 Å². The molecular weight excluding hydrogens is 338 g/mol. The summed E-state index contributed by atoms with van der Waals surface area (Å²) in [6, 6.07) is 6.72. The molecule has 0 bridgehead atoms. The van der Waals surface area contributed by atoms with Crippen molar-refractivity contribution in [2.45, 2.75) is 84.6 Å². The Balaban J connectivity index is 2.05. The molecule has 6 nitrogen and oxygen atoms in total. The van der Waals surface area contributed by atoms with Crippen LogP contribution in [0.4, 0.5) is 5.95 Å². The molecular formula is C21H35N5O. The highest BCUT2D eigenvalue weighted by Crippen LogP contribution is 2.38. The van der Waals surface area contributed by atoms with Gasteiger partial charge in [0.1, 0.15) is 5.75 Å². The van der Waals surface area contributed by atoms with Gasteiger partial charge >= 0.3 is 0 Å². The van der Waals surface area contributed by atoms with Crippen molar-refractivity contribution >= 4 is 5.95 Å². The lowest BCUT2D eigenvalue weighted by molar-refractivity contribution is 0.292. The minimum Gasteiger partial charge on any atom is -0.493 e. The van der Waals surface area contributed by atoms with Gasteiger partial charge < -0.3 is 10.5 Å². The van der Waals surface area contributed by atoms with E-state index >= 15 is 0 Å². The van der Waals surface area contributed by atoms with Gasteiger partial charge in [0.25, 0.3) is 0 Å². The Morgan fingerprint density at radius 1 is 1.04 bits per heavy atom. The highest BCUT2D eigenvalue weighted by Gasteiger charge is 2.26. The van der Waals surface area contributed by atoms with Gasteiger partial charge in [-0.1, -0.05) is 58.8 Å². The number of hydrogen-bond acceptors (Lipinski definition) is 5. The van der Waals surface area contributed by atoms with Crippen molar-refractivity contribution in [3.05, 3.63) is 29.3 Å². The van der Waals surface area contributed by atoms with Gasteiger partial charge in [0.15, 0.2) is 0 Å². The molecule has 0 fully saturated rings. The highest BCUT2D eigenvalue weighted by molar-refractivity contribution is 5.44. The number of anilines is 1. The van der Waals surface area contributed by atoms with Gasteiger partial charge in [-0.05, 0) is 58.6 Å². The lowest BCUT2D eigenvalue weighted by Crippen LogP contribution is -2.21.